The molecular formula is C28H27N3O5S. The first-order valence-corrected chi connectivity index (χ1v) is 13.2. The SMILES string of the molecule is CC(C)CN(C#Cc1ccc(C(=N)N)cc1)C(=O)c1ccc(-c2ccccc2)c(C(=O)OS(C)(=O)=O)c1. The van der Waals surface area contributed by atoms with Gasteiger partial charge in [-0.05, 0) is 47.2 Å². The van der Waals surface area contributed by atoms with Gasteiger partial charge in [0.2, 0.25) is 0 Å². The van der Waals surface area contributed by atoms with Crippen LogP contribution in [0.1, 0.15) is 45.7 Å². The van der Waals surface area contributed by atoms with Gasteiger partial charge in [-0.25, -0.2) is 4.79 Å². The van der Waals surface area contributed by atoms with E-state index in [0.29, 0.717) is 28.8 Å². The standard InChI is InChI=1S/C28H27N3O5S/c1-19(2)18-31(16-15-20-9-11-22(12-10-20)26(29)30)27(32)23-13-14-24(21-7-5-4-6-8-21)25(17-23)28(33)36-37(3,34)35/h4-14,17,19H,18H2,1-3H3,(H3,29,30). The summed E-state index contributed by atoms with van der Waals surface area (Å²) in [6, 6.07) is 23.0. The van der Waals surface area contributed by atoms with E-state index in [1.54, 1.807) is 60.7 Å². The zero-order valence-electron chi connectivity index (χ0n) is 20.7. The van der Waals surface area contributed by atoms with E-state index in [1.807, 2.05) is 19.9 Å². The molecule has 0 aliphatic heterocycles. The van der Waals surface area contributed by atoms with E-state index in [2.05, 4.69) is 16.1 Å². The Morgan fingerprint density at radius 3 is 2.19 bits per heavy atom. The summed E-state index contributed by atoms with van der Waals surface area (Å²) in [5.41, 5.74) is 7.87. The molecule has 1 amide bonds. The maximum atomic E-state index is 13.5. The molecule has 0 aliphatic rings. The van der Waals surface area contributed by atoms with E-state index in [4.69, 9.17) is 11.1 Å². The Hall–Kier alpha value is -4.42. The Bertz CT molecular complexity index is 1490. The lowest BCUT2D eigenvalue weighted by molar-refractivity contribution is 0.0749. The van der Waals surface area contributed by atoms with E-state index in [9.17, 15) is 18.0 Å². The van der Waals surface area contributed by atoms with Crippen LogP contribution in [0.2, 0.25) is 0 Å². The van der Waals surface area contributed by atoms with Gasteiger partial charge in [0.15, 0.2) is 0 Å². The Balaban J connectivity index is 2.02. The number of nitrogens with two attached hydrogens (primary N) is 1. The van der Waals surface area contributed by atoms with Gasteiger partial charge in [0.25, 0.3) is 5.91 Å². The molecule has 0 saturated heterocycles. The van der Waals surface area contributed by atoms with Gasteiger partial charge in [-0.2, -0.15) is 8.42 Å². The minimum absolute atomic E-state index is 0.0553. The number of rotatable bonds is 7. The molecule has 0 atom stereocenters. The third-order valence-electron chi connectivity index (χ3n) is 5.12. The summed E-state index contributed by atoms with van der Waals surface area (Å²) in [4.78, 5) is 27.6. The zero-order valence-corrected chi connectivity index (χ0v) is 21.5. The minimum Gasteiger partial charge on any atom is -0.384 e. The van der Waals surface area contributed by atoms with E-state index in [0.717, 1.165) is 6.26 Å². The summed E-state index contributed by atoms with van der Waals surface area (Å²) in [6.45, 7) is 4.20. The van der Waals surface area contributed by atoms with Crippen molar-refractivity contribution in [2.45, 2.75) is 13.8 Å². The molecule has 0 aromatic heterocycles. The van der Waals surface area contributed by atoms with Gasteiger partial charge in [-0.1, -0.05) is 62.4 Å². The molecular weight excluding hydrogens is 490 g/mol. The van der Waals surface area contributed by atoms with Crippen LogP contribution in [0.4, 0.5) is 0 Å². The van der Waals surface area contributed by atoms with E-state index >= 15 is 0 Å². The number of hydrogen-bond donors (Lipinski definition) is 2. The molecule has 0 spiro atoms. The summed E-state index contributed by atoms with van der Waals surface area (Å²) in [5.74, 6) is 1.45. The number of nitrogens with zero attached hydrogens (tertiary/aromatic N) is 1. The van der Waals surface area contributed by atoms with Crippen molar-refractivity contribution in [3.63, 3.8) is 0 Å². The van der Waals surface area contributed by atoms with Gasteiger partial charge in [-0.3, -0.25) is 15.1 Å². The largest absolute Gasteiger partial charge is 0.384 e. The molecule has 0 bridgehead atoms. The molecule has 3 aromatic carbocycles. The highest BCUT2D eigenvalue weighted by atomic mass is 32.2. The maximum Gasteiger partial charge on any atom is 0.354 e. The molecule has 190 valence electrons. The predicted octanol–water partition coefficient (Wildman–Crippen LogP) is 3.86. The second kappa shape index (κ2) is 11.5. The average molecular weight is 518 g/mol. The van der Waals surface area contributed by atoms with E-state index in [-0.39, 0.29) is 22.9 Å². The molecule has 3 rings (SSSR count). The molecule has 37 heavy (non-hydrogen) atoms. The van der Waals surface area contributed by atoms with Crippen LogP contribution in [0.25, 0.3) is 11.1 Å². The van der Waals surface area contributed by atoms with Crippen molar-refractivity contribution in [2.75, 3.05) is 12.8 Å². The highest BCUT2D eigenvalue weighted by molar-refractivity contribution is 7.86. The zero-order chi connectivity index (χ0) is 27.2. The first-order chi connectivity index (χ1) is 17.4. The van der Waals surface area contributed by atoms with Gasteiger partial charge in [-0.15, -0.1) is 0 Å². The van der Waals surface area contributed by atoms with Crippen molar-refractivity contribution in [2.24, 2.45) is 11.7 Å². The molecule has 8 nitrogen and oxygen atoms in total. The smallest absolute Gasteiger partial charge is 0.354 e. The molecule has 0 fully saturated rings. The van der Waals surface area contributed by atoms with Crippen LogP contribution >= 0.6 is 0 Å². The fraction of sp³-hybridized carbons (Fsp3) is 0.179. The average Bonchev–Trinajstić information content (AvgIpc) is 2.85. The second-order valence-corrected chi connectivity index (χ2v) is 10.3. The van der Waals surface area contributed by atoms with Crippen molar-refractivity contribution in [1.82, 2.24) is 4.90 Å². The van der Waals surface area contributed by atoms with Gasteiger partial charge in [0.1, 0.15) is 5.84 Å². The van der Waals surface area contributed by atoms with Crippen molar-refractivity contribution in [3.05, 3.63) is 95.1 Å². The fourth-order valence-electron chi connectivity index (χ4n) is 3.46. The second-order valence-electron chi connectivity index (χ2n) is 8.74. The number of carbonyl (C=O) groups is 2. The summed E-state index contributed by atoms with van der Waals surface area (Å²) in [6.07, 6.45) is 0.783. The normalized spacial score (nSPS) is 10.8. The molecule has 0 aliphatic carbocycles. The van der Waals surface area contributed by atoms with Gasteiger partial charge >= 0.3 is 16.1 Å². The van der Waals surface area contributed by atoms with Crippen molar-refractivity contribution >= 4 is 27.8 Å². The topological polar surface area (TPSA) is 131 Å². The Labute approximate surface area is 216 Å². The molecule has 0 radical (unpaired) electrons. The number of amidine groups is 1. The van der Waals surface area contributed by atoms with Crippen LogP contribution in [0.5, 0.6) is 0 Å². The lowest BCUT2D eigenvalue weighted by Crippen LogP contribution is -2.30. The van der Waals surface area contributed by atoms with Gasteiger partial charge < -0.3 is 9.92 Å². The monoisotopic (exact) mass is 517 g/mol. The highest BCUT2D eigenvalue weighted by Crippen LogP contribution is 2.26. The third kappa shape index (κ3) is 7.53. The molecule has 3 N–H and O–H groups in total. The number of nitrogen functional groups attached to an aromatic ring is 1. The minimum atomic E-state index is -4.07. The van der Waals surface area contributed by atoms with Gasteiger partial charge in [0.05, 0.1) is 11.8 Å². The first-order valence-electron chi connectivity index (χ1n) is 11.4. The number of amides is 1. The van der Waals surface area contributed by atoms with Crippen LogP contribution in [-0.2, 0) is 14.3 Å². The van der Waals surface area contributed by atoms with Crippen LogP contribution < -0.4 is 5.73 Å². The Morgan fingerprint density at radius 2 is 1.62 bits per heavy atom. The number of carbonyl (C=O) groups excluding carboxylic acids is 2. The fourth-order valence-corrected chi connectivity index (χ4v) is 3.83. The summed E-state index contributed by atoms with van der Waals surface area (Å²) in [7, 11) is -4.07. The third-order valence-corrected chi connectivity index (χ3v) is 5.58. The van der Waals surface area contributed by atoms with Crippen LogP contribution in [0.15, 0.2) is 72.8 Å². The van der Waals surface area contributed by atoms with Crippen LogP contribution in [-0.4, -0.2) is 43.8 Å². The summed E-state index contributed by atoms with van der Waals surface area (Å²) >= 11 is 0. The van der Waals surface area contributed by atoms with E-state index in [1.165, 1.54) is 11.0 Å². The molecule has 3 aromatic rings. The van der Waals surface area contributed by atoms with Crippen molar-refractivity contribution in [3.8, 4) is 23.1 Å². The first kappa shape index (κ1) is 27.2. The van der Waals surface area contributed by atoms with Crippen LogP contribution in [0, 0.1) is 23.3 Å². The molecule has 0 saturated carbocycles. The van der Waals surface area contributed by atoms with Crippen LogP contribution in [0.3, 0.4) is 0 Å². The number of benzene rings is 3. The number of nitrogens with one attached hydrogen (secondary N) is 1. The van der Waals surface area contributed by atoms with E-state index < -0.39 is 22.0 Å². The number of hydrogen-bond acceptors (Lipinski definition) is 6. The van der Waals surface area contributed by atoms with Crippen molar-refractivity contribution in [1.29, 1.82) is 5.41 Å². The van der Waals surface area contributed by atoms with Gasteiger partial charge in [0, 0.05) is 29.3 Å². The van der Waals surface area contributed by atoms with Crippen molar-refractivity contribution < 1.29 is 22.2 Å². The lowest BCUT2D eigenvalue weighted by Gasteiger charge is -2.19. The molecule has 0 unspecified atom stereocenters. The summed E-state index contributed by atoms with van der Waals surface area (Å²) in [5, 5.41) is 7.49. The summed E-state index contributed by atoms with van der Waals surface area (Å²) < 4.78 is 27.9. The predicted molar refractivity (Wildman–Crippen MR) is 142 cm³/mol. The maximum absolute atomic E-state index is 13.5. The Morgan fingerprint density at radius 1 is 1.00 bits per heavy atom. The lowest BCUT2D eigenvalue weighted by atomic mass is 9.97. The molecule has 9 heteroatoms. The Kier molecular flexibility index (Phi) is 8.48. The quantitative estimate of drug-likeness (QED) is 0.161. The molecule has 0 heterocycles. The highest BCUT2D eigenvalue weighted by Gasteiger charge is 2.23.